The van der Waals surface area contributed by atoms with Crippen molar-refractivity contribution in [1.82, 2.24) is 0 Å². The molecule has 0 aliphatic carbocycles. The van der Waals surface area contributed by atoms with Crippen LogP contribution in [-0.2, 0) is 41.5 Å². The van der Waals surface area contributed by atoms with Crippen LogP contribution in [-0.4, -0.2) is 11.9 Å². The minimum absolute atomic E-state index is 0. The van der Waals surface area contributed by atoms with Crippen LogP contribution in [0.25, 0.3) is 0 Å². The van der Waals surface area contributed by atoms with E-state index in [9.17, 15) is 9.59 Å². The van der Waals surface area contributed by atoms with Gasteiger partial charge in [0.1, 0.15) is 0 Å². The van der Waals surface area contributed by atoms with Gasteiger partial charge >= 0.3 is 11.9 Å². The van der Waals surface area contributed by atoms with Crippen LogP contribution in [0.5, 0.6) is 0 Å². The summed E-state index contributed by atoms with van der Waals surface area (Å²) >= 11 is 0. The molecule has 251 valence electrons. The van der Waals surface area contributed by atoms with Crippen molar-refractivity contribution < 1.29 is 41.5 Å². The molecule has 5 nitrogen and oxygen atoms in total. The Morgan fingerprint density at radius 1 is 0.405 bits per heavy atom. The third kappa shape index (κ3) is 36.9. The summed E-state index contributed by atoms with van der Waals surface area (Å²) in [7, 11) is 0. The van der Waals surface area contributed by atoms with Crippen LogP contribution in [0.3, 0.4) is 0 Å². The molecule has 42 heavy (non-hydrogen) atoms. The van der Waals surface area contributed by atoms with Gasteiger partial charge in [0.05, 0.1) is 0 Å². The van der Waals surface area contributed by atoms with Gasteiger partial charge in [-0.05, 0) is 64.2 Å². The smallest absolute Gasteiger partial charge is 0.260 e. The van der Waals surface area contributed by atoms with Crippen molar-refractivity contribution >= 4 is 11.9 Å². The molecule has 0 saturated heterocycles. The monoisotopic (exact) mass is 641 g/mol. The third-order valence-electron chi connectivity index (χ3n) is 7.54. The second-order valence-corrected chi connectivity index (χ2v) is 11.6. The maximum atomic E-state index is 11.7. The second kappa shape index (κ2) is 37.9. The van der Waals surface area contributed by atoms with E-state index in [0.29, 0.717) is 0 Å². The Morgan fingerprint density at radius 2 is 0.667 bits per heavy atom. The van der Waals surface area contributed by atoms with Crippen molar-refractivity contribution in [1.29, 1.82) is 0 Å². The second-order valence-electron chi connectivity index (χ2n) is 11.6. The SMILES string of the molecule is CCCCCCCC/C=C\CCCCCCCC(=O)OOOC(=O)CCCCCCC/C=C\CCCCCCCC.[Cu]. The third-order valence-corrected chi connectivity index (χ3v) is 7.54. The number of carbonyl (C=O) groups is 2. The Bertz CT molecular complexity index is 568. The maximum Gasteiger partial charge on any atom is 0.346 e. The fourth-order valence-electron chi connectivity index (χ4n) is 4.86. The van der Waals surface area contributed by atoms with Crippen molar-refractivity contribution in [2.24, 2.45) is 0 Å². The minimum atomic E-state index is -0.489. The molecule has 0 fully saturated rings. The minimum Gasteiger partial charge on any atom is -0.260 e. The molecule has 0 N–H and O–H groups in total. The molecule has 0 amide bonds. The van der Waals surface area contributed by atoms with E-state index in [0.717, 1.165) is 51.4 Å². The zero-order valence-corrected chi connectivity index (χ0v) is 28.4. The van der Waals surface area contributed by atoms with Gasteiger partial charge in [-0.3, -0.25) is 9.78 Å². The van der Waals surface area contributed by atoms with Crippen molar-refractivity contribution in [3.05, 3.63) is 24.3 Å². The zero-order chi connectivity index (χ0) is 29.9. The van der Waals surface area contributed by atoms with Gasteiger partial charge in [0.15, 0.2) is 0 Å². The van der Waals surface area contributed by atoms with Gasteiger partial charge in [-0.15, -0.1) is 0 Å². The van der Waals surface area contributed by atoms with Gasteiger partial charge in [0.25, 0.3) is 0 Å². The van der Waals surface area contributed by atoms with Crippen molar-refractivity contribution in [3.8, 4) is 0 Å². The van der Waals surface area contributed by atoms with Crippen molar-refractivity contribution in [3.63, 3.8) is 0 Å². The number of rotatable bonds is 32. The average molecular weight is 642 g/mol. The number of hydrogen-bond acceptors (Lipinski definition) is 5. The molecule has 0 aromatic rings. The molecule has 0 aliphatic heterocycles. The van der Waals surface area contributed by atoms with Gasteiger partial charge < -0.3 is 0 Å². The van der Waals surface area contributed by atoms with Crippen LogP contribution in [0, 0.1) is 0 Å². The summed E-state index contributed by atoms with van der Waals surface area (Å²) in [5.41, 5.74) is 0. The summed E-state index contributed by atoms with van der Waals surface area (Å²) in [6.07, 6.45) is 41.4. The maximum absolute atomic E-state index is 11.7. The zero-order valence-electron chi connectivity index (χ0n) is 27.5. The van der Waals surface area contributed by atoms with Gasteiger partial charge in [0, 0.05) is 34.9 Å². The van der Waals surface area contributed by atoms with Crippen LogP contribution >= 0.6 is 0 Å². The predicted octanol–water partition coefficient (Wildman–Crippen LogP) is 12.0. The van der Waals surface area contributed by atoms with Gasteiger partial charge in [0.2, 0.25) is 0 Å². The van der Waals surface area contributed by atoms with E-state index in [-0.39, 0.29) is 29.9 Å². The Hall–Kier alpha value is -1.10. The number of hydrogen-bond donors (Lipinski definition) is 0. The molecule has 0 heterocycles. The first-order chi connectivity index (χ1) is 20.2. The van der Waals surface area contributed by atoms with Crippen LogP contribution < -0.4 is 0 Å². The van der Waals surface area contributed by atoms with E-state index < -0.39 is 11.9 Å². The number of allylic oxidation sites excluding steroid dienone is 4. The summed E-state index contributed by atoms with van der Waals surface area (Å²) in [4.78, 5) is 32.6. The quantitative estimate of drug-likeness (QED) is 0.0240. The number of unbranched alkanes of at least 4 members (excludes halogenated alkanes) is 22. The Balaban J connectivity index is 0. The first kappa shape index (κ1) is 43.0. The Kier molecular flexibility index (Phi) is 38.9. The molecule has 0 atom stereocenters. The average Bonchev–Trinajstić information content (AvgIpc) is 2.97. The summed E-state index contributed by atoms with van der Waals surface area (Å²) in [6.45, 7) is 4.52. The first-order valence-electron chi connectivity index (χ1n) is 17.6. The molecular formula is C36H66CuO5. The topological polar surface area (TPSA) is 61.8 Å². The molecular weight excluding hydrogens is 576 g/mol. The Labute approximate surface area is 270 Å². The molecule has 0 saturated carbocycles. The first-order valence-corrected chi connectivity index (χ1v) is 17.6. The van der Waals surface area contributed by atoms with Crippen LogP contribution in [0.1, 0.15) is 194 Å². The molecule has 1 radical (unpaired) electrons. The summed E-state index contributed by atoms with van der Waals surface area (Å²) in [5.74, 6) is -0.979. The number of carbonyl (C=O) groups excluding carboxylic acids is 2. The predicted molar refractivity (Wildman–Crippen MR) is 172 cm³/mol. The molecule has 0 aromatic heterocycles. The molecule has 0 spiro atoms. The standard InChI is InChI=1S/C36H66O5.Cu/c1-3-5-7-9-11-13-15-17-19-21-23-25-27-29-31-33-35(37)39-41-40-36(38)34-32-30-28-26-24-22-20-18-16-14-12-10-8-6-4-2;/h17-20H,3-16,21-34H2,1-2H3;/b19-17-,20-18-;. The van der Waals surface area contributed by atoms with Gasteiger partial charge in [-0.1, -0.05) is 141 Å². The van der Waals surface area contributed by atoms with Crippen LogP contribution in [0.4, 0.5) is 0 Å². The van der Waals surface area contributed by atoms with Gasteiger partial charge in [-0.2, -0.15) is 0 Å². The van der Waals surface area contributed by atoms with E-state index >= 15 is 0 Å². The van der Waals surface area contributed by atoms with E-state index in [1.165, 1.54) is 116 Å². The molecule has 6 heteroatoms. The van der Waals surface area contributed by atoms with Crippen molar-refractivity contribution in [2.75, 3.05) is 0 Å². The van der Waals surface area contributed by atoms with Crippen LogP contribution in [0.15, 0.2) is 24.3 Å². The normalized spacial score (nSPS) is 11.3. The molecule has 0 unspecified atom stereocenters. The molecule has 0 bridgehead atoms. The fourth-order valence-corrected chi connectivity index (χ4v) is 4.86. The molecule has 0 aromatic carbocycles. The van der Waals surface area contributed by atoms with Gasteiger partial charge in [-0.25, -0.2) is 9.59 Å². The summed E-state index contributed by atoms with van der Waals surface area (Å²) in [6, 6.07) is 0. The van der Waals surface area contributed by atoms with E-state index in [4.69, 9.17) is 0 Å². The largest absolute Gasteiger partial charge is 0.346 e. The molecule has 0 rings (SSSR count). The van der Waals surface area contributed by atoms with Crippen LogP contribution in [0.2, 0.25) is 0 Å². The summed E-state index contributed by atoms with van der Waals surface area (Å²) < 4.78 is 0. The fraction of sp³-hybridized carbons (Fsp3) is 0.833. The van der Waals surface area contributed by atoms with E-state index in [2.05, 4.69) is 53.0 Å². The van der Waals surface area contributed by atoms with Crippen molar-refractivity contribution in [2.45, 2.75) is 194 Å². The Morgan fingerprint density at radius 3 is 0.976 bits per heavy atom. The van der Waals surface area contributed by atoms with E-state index in [1.54, 1.807) is 0 Å². The summed E-state index contributed by atoms with van der Waals surface area (Å²) in [5, 5.41) is 4.39. The van der Waals surface area contributed by atoms with E-state index in [1.807, 2.05) is 0 Å². The molecule has 0 aliphatic rings.